The van der Waals surface area contributed by atoms with Gasteiger partial charge in [0.15, 0.2) is 5.65 Å². The van der Waals surface area contributed by atoms with E-state index < -0.39 is 0 Å². The maximum absolute atomic E-state index is 4.76. The van der Waals surface area contributed by atoms with E-state index in [4.69, 9.17) is 4.98 Å². The zero-order chi connectivity index (χ0) is 14.6. The van der Waals surface area contributed by atoms with E-state index in [2.05, 4.69) is 26.4 Å². The number of hydrogen-bond donors (Lipinski definition) is 1. The number of rotatable bonds is 2. The third-order valence-corrected chi connectivity index (χ3v) is 4.81. The van der Waals surface area contributed by atoms with Gasteiger partial charge >= 0.3 is 0 Å². The van der Waals surface area contributed by atoms with Crippen molar-refractivity contribution in [2.45, 2.75) is 6.42 Å². The standard InChI is InChI=1S/C14H14N6S/c1-8-12-10(7-16-20(8)3)13-14(19(12)2)17-11(21-13)6-9-4-5-15-18-9/h4-5,7H,1,6H2,2-3H3,(H,15,18). The number of thiazole rings is 1. The molecular formula is C14H14N6S. The molecule has 4 heterocycles. The third-order valence-electron chi connectivity index (χ3n) is 3.73. The van der Waals surface area contributed by atoms with Crippen LogP contribution in [0, 0.1) is 0 Å². The van der Waals surface area contributed by atoms with E-state index in [1.165, 1.54) is 4.70 Å². The monoisotopic (exact) mass is 298 g/mol. The molecule has 3 aromatic rings. The first-order valence-electron chi connectivity index (χ1n) is 6.58. The summed E-state index contributed by atoms with van der Waals surface area (Å²) in [5, 5.41) is 14.2. The van der Waals surface area contributed by atoms with Crippen LogP contribution in [0.4, 0.5) is 0 Å². The summed E-state index contributed by atoms with van der Waals surface area (Å²) in [5.74, 6) is 0. The van der Waals surface area contributed by atoms with Crippen LogP contribution >= 0.6 is 11.3 Å². The summed E-state index contributed by atoms with van der Waals surface area (Å²) in [6.07, 6.45) is 4.42. The molecule has 0 aromatic carbocycles. The zero-order valence-electron chi connectivity index (χ0n) is 11.8. The van der Waals surface area contributed by atoms with Crippen LogP contribution in [0.15, 0.2) is 23.9 Å². The first-order valence-corrected chi connectivity index (χ1v) is 7.40. The number of nitrogens with zero attached hydrogens (tertiary/aromatic N) is 5. The summed E-state index contributed by atoms with van der Waals surface area (Å²) >= 11 is 1.70. The number of aromatic amines is 1. The molecule has 106 valence electrons. The molecule has 0 spiro atoms. The Labute approximate surface area is 125 Å². The number of aryl methyl sites for hydroxylation is 1. The van der Waals surface area contributed by atoms with Crippen molar-refractivity contribution >= 4 is 33.6 Å². The van der Waals surface area contributed by atoms with E-state index in [9.17, 15) is 0 Å². The Bertz CT molecular complexity index is 867. The second kappa shape index (κ2) is 4.29. The highest BCUT2D eigenvalue weighted by Gasteiger charge is 2.24. The largest absolute Gasteiger partial charge is 0.326 e. The fraction of sp³-hybridized carbons (Fsp3) is 0.214. The molecule has 1 N–H and O–H groups in total. The summed E-state index contributed by atoms with van der Waals surface area (Å²) in [6.45, 7) is 4.11. The molecule has 3 aromatic heterocycles. The molecule has 0 fully saturated rings. The molecule has 0 bridgehead atoms. The summed E-state index contributed by atoms with van der Waals surface area (Å²) in [6, 6.07) is 1.97. The molecule has 0 radical (unpaired) electrons. The van der Waals surface area contributed by atoms with E-state index in [-0.39, 0.29) is 0 Å². The number of fused-ring (bicyclic) bond motifs is 3. The lowest BCUT2D eigenvalue weighted by Gasteiger charge is -2.21. The van der Waals surface area contributed by atoms with Crippen LogP contribution in [0.2, 0.25) is 0 Å². The molecule has 7 heteroatoms. The fourth-order valence-corrected chi connectivity index (χ4v) is 3.74. The minimum absolute atomic E-state index is 0.770. The van der Waals surface area contributed by atoms with Crippen molar-refractivity contribution < 1.29 is 0 Å². The number of H-pyrrole nitrogens is 1. The van der Waals surface area contributed by atoms with Crippen molar-refractivity contribution in [1.29, 1.82) is 0 Å². The number of hydrogen-bond acceptors (Lipinski definition) is 5. The van der Waals surface area contributed by atoms with Crippen molar-refractivity contribution in [2.24, 2.45) is 12.1 Å². The second-order valence-electron chi connectivity index (χ2n) is 5.06. The van der Waals surface area contributed by atoms with Crippen LogP contribution in [-0.4, -0.2) is 38.0 Å². The molecule has 0 aliphatic carbocycles. The molecule has 6 nitrogen and oxygen atoms in total. The van der Waals surface area contributed by atoms with Crippen molar-refractivity contribution in [3.63, 3.8) is 0 Å². The molecule has 0 unspecified atom stereocenters. The molecule has 1 aliphatic heterocycles. The Morgan fingerprint density at radius 1 is 1.38 bits per heavy atom. The summed E-state index contributed by atoms with van der Waals surface area (Å²) in [5.41, 5.74) is 5.16. The van der Waals surface area contributed by atoms with Gasteiger partial charge in [0, 0.05) is 38.0 Å². The van der Waals surface area contributed by atoms with Crippen molar-refractivity contribution in [3.05, 3.63) is 40.8 Å². The van der Waals surface area contributed by atoms with E-state index in [1.807, 2.05) is 26.4 Å². The molecule has 4 rings (SSSR count). The van der Waals surface area contributed by atoms with Crippen LogP contribution in [0.25, 0.3) is 16.0 Å². The highest BCUT2D eigenvalue weighted by Crippen LogP contribution is 2.35. The van der Waals surface area contributed by atoms with Crippen molar-refractivity contribution in [3.8, 4) is 0 Å². The van der Waals surface area contributed by atoms with Gasteiger partial charge in [0.2, 0.25) is 0 Å². The number of aromatic nitrogens is 4. The Balaban J connectivity index is 1.85. The van der Waals surface area contributed by atoms with Crippen LogP contribution in [0.1, 0.15) is 22.0 Å². The molecule has 0 atom stereocenters. The quantitative estimate of drug-likeness (QED) is 0.789. The average Bonchev–Trinajstić information content (AvgIpc) is 3.15. The number of nitrogens with one attached hydrogen (secondary N) is 1. The zero-order valence-corrected chi connectivity index (χ0v) is 12.6. The molecule has 0 saturated heterocycles. The topological polar surface area (TPSA) is 62.1 Å². The lowest BCUT2D eigenvalue weighted by Crippen LogP contribution is -2.16. The normalized spacial score (nSPS) is 14.2. The Morgan fingerprint density at radius 3 is 3.00 bits per heavy atom. The Hall–Kier alpha value is -2.41. The fourth-order valence-electron chi connectivity index (χ4n) is 2.61. The third kappa shape index (κ3) is 1.74. The maximum atomic E-state index is 4.76. The lowest BCUT2D eigenvalue weighted by molar-refractivity contribution is 0.511. The minimum Gasteiger partial charge on any atom is -0.326 e. The van der Waals surface area contributed by atoms with Gasteiger partial charge in [-0.1, -0.05) is 6.58 Å². The predicted octanol–water partition coefficient (Wildman–Crippen LogP) is 2.20. The van der Waals surface area contributed by atoms with Crippen LogP contribution in [-0.2, 0) is 13.5 Å². The SMILES string of the molecule is C=C1c2c(c3sc(Cc4ccn[nH]4)nc3n2C)C=NN1C. The van der Waals surface area contributed by atoms with Gasteiger partial charge in [0.1, 0.15) is 5.01 Å². The van der Waals surface area contributed by atoms with E-state index >= 15 is 0 Å². The lowest BCUT2D eigenvalue weighted by atomic mass is 10.2. The van der Waals surface area contributed by atoms with Gasteiger partial charge in [-0.3, -0.25) is 10.1 Å². The second-order valence-corrected chi connectivity index (χ2v) is 6.14. The van der Waals surface area contributed by atoms with Gasteiger partial charge < -0.3 is 4.57 Å². The highest BCUT2D eigenvalue weighted by atomic mass is 32.1. The van der Waals surface area contributed by atoms with Crippen LogP contribution in [0.5, 0.6) is 0 Å². The van der Waals surface area contributed by atoms with Crippen LogP contribution in [0.3, 0.4) is 0 Å². The summed E-state index contributed by atoms with van der Waals surface area (Å²) < 4.78 is 3.27. The van der Waals surface area contributed by atoms with Gasteiger partial charge in [-0.05, 0) is 6.07 Å². The summed E-state index contributed by atoms with van der Waals surface area (Å²) in [4.78, 5) is 4.76. The average molecular weight is 298 g/mol. The highest BCUT2D eigenvalue weighted by molar-refractivity contribution is 7.19. The minimum atomic E-state index is 0.770. The molecule has 21 heavy (non-hydrogen) atoms. The van der Waals surface area contributed by atoms with Crippen molar-refractivity contribution in [2.75, 3.05) is 7.05 Å². The van der Waals surface area contributed by atoms with Crippen LogP contribution < -0.4 is 0 Å². The van der Waals surface area contributed by atoms with E-state index in [1.54, 1.807) is 22.5 Å². The van der Waals surface area contributed by atoms with Crippen molar-refractivity contribution in [1.82, 2.24) is 24.8 Å². The van der Waals surface area contributed by atoms with Gasteiger partial charge in [-0.2, -0.15) is 10.2 Å². The van der Waals surface area contributed by atoms with Gasteiger partial charge in [0.05, 0.1) is 22.3 Å². The van der Waals surface area contributed by atoms with E-state index in [0.29, 0.717) is 0 Å². The van der Waals surface area contributed by atoms with Gasteiger partial charge in [-0.15, -0.1) is 11.3 Å². The first-order chi connectivity index (χ1) is 10.1. The maximum Gasteiger partial charge on any atom is 0.152 e. The molecule has 0 amide bonds. The molecule has 0 saturated carbocycles. The first kappa shape index (κ1) is 12.3. The van der Waals surface area contributed by atoms with E-state index in [0.717, 1.165) is 39.7 Å². The predicted molar refractivity (Wildman–Crippen MR) is 84.4 cm³/mol. The van der Waals surface area contributed by atoms with Gasteiger partial charge in [-0.25, -0.2) is 4.98 Å². The summed E-state index contributed by atoms with van der Waals surface area (Å²) in [7, 11) is 3.93. The Morgan fingerprint density at radius 2 is 2.24 bits per heavy atom. The van der Waals surface area contributed by atoms with Gasteiger partial charge in [0.25, 0.3) is 0 Å². The molecule has 1 aliphatic rings. The number of hydrazone groups is 1. The smallest absolute Gasteiger partial charge is 0.152 e. The molecular weight excluding hydrogens is 284 g/mol. The Kier molecular flexibility index (Phi) is 2.52.